The van der Waals surface area contributed by atoms with E-state index in [1.807, 2.05) is 4.90 Å². The highest BCUT2D eigenvalue weighted by Gasteiger charge is 2.28. The van der Waals surface area contributed by atoms with Gasteiger partial charge in [0, 0.05) is 44.1 Å². The van der Waals surface area contributed by atoms with Gasteiger partial charge >= 0.3 is 5.97 Å². The Balaban J connectivity index is 1.53. The number of carbonyl (C=O) groups excluding carboxylic acids is 3. The van der Waals surface area contributed by atoms with Crippen molar-refractivity contribution in [3.8, 4) is 0 Å². The van der Waals surface area contributed by atoms with Crippen molar-refractivity contribution in [2.45, 2.75) is 19.3 Å². The smallest absolute Gasteiger partial charge is 0.309 e. The highest BCUT2D eigenvalue weighted by atomic mass is 19.1. The van der Waals surface area contributed by atoms with Gasteiger partial charge in [-0.2, -0.15) is 0 Å². The van der Waals surface area contributed by atoms with E-state index in [0.717, 1.165) is 0 Å². The van der Waals surface area contributed by atoms with Crippen molar-refractivity contribution in [1.29, 1.82) is 0 Å². The number of benzene rings is 1. The van der Waals surface area contributed by atoms with E-state index in [-0.39, 0.29) is 18.9 Å². The molecule has 3 rings (SSSR count). The molecule has 1 aliphatic rings. The van der Waals surface area contributed by atoms with Gasteiger partial charge in [-0.25, -0.2) is 14.4 Å². The first kappa shape index (κ1) is 22.1. The number of rotatable bonds is 8. The van der Waals surface area contributed by atoms with Crippen LogP contribution in [0.1, 0.15) is 19.3 Å². The van der Waals surface area contributed by atoms with E-state index in [1.54, 1.807) is 18.5 Å². The number of halogens is 1. The van der Waals surface area contributed by atoms with Crippen LogP contribution in [0.3, 0.4) is 0 Å². The minimum atomic E-state index is -0.578. The van der Waals surface area contributed by atoms with Gasteiger partial charge in [0.15, 0.2) is 6.61 Å². The molecule has 0 aliphatic carbocycles. The second-order valence-corrected chi connectivity index (χ2v) is 7.16. The molecule has 2 aromatic rings. The highest BCUT2D eigenvalue weighted by Crippen LogP contribution is 2.22. The van der Waals surface area contributed by atoms with E-state index >= 15 is 0 Å². The van der Waals surface area contributed by atoms with Crippen LogP contribution in [-0.2, 0) is 19.1 Å². The van der Waals surface area contributed by atoms with Gasteiger partial charge in [-0.15, -0.1) is 0 Å². The van der Waals surface area contributed by atoms with Crippen LogP contribution in [0.25, 0.3) is 0 Å². The van der Waals surface area contributed by atoms with Crippen molar-refractivity contribution in [1.82, 2.24) is 9.97 Å². The molecule has 0 radical (unpaired) electrons. The molecule has 2 N–H and O–H groups in total. The van der Waals surface area contributed by atoms with Crippen LogP contribution in [-0.4, -0.2) is 54.0 Å². The Bertz CT molecular complexity index is 902. The first-order chi connectivity index (χ1) is 14.9. The number of amides is 2. The summed E-state index contributed by atoms with van der Waals surface area (Å²) in [6.07, 6.45) is 4.39. The van der Waals surface area contributed by atoms with E-state index < -0.39 is 30.2 Å². The lowest BCUT2D eigenvalue weighted by molar-refractivity contribution is -0.152. The van der Waals surface area contributed by atoms with Crippen LogP contribution < -0.4 is 15.5 Å². The molecular formula is C21H24FN5O4. The van der Waals surface area contributed by atoms with Gasteiger partial charge in [0.25, 0.3) is 5.91 Å². The molecule has 10 heteroatoms. The fourth-order valence-electron chi connectivity index (χ4n) is 3.34. The van der Waals surface area contributed by atoms with Gasteiger partial charge in [-0.1, -0.05) is 0 Å². The Labute approximate surface area is 179 Å². The number of aromatic nitrogens is 2. The summed E-state index contributed by atoms with van der Waals surface area (Å²) in [5.41, 5.74) is 5.57. The third-order valence-corrected chi connectivity index (χ3v) is 5.02. The average Bonchev–Trinajstić information content (AvgIpc) is 2.79. The van der Waals surface area contributed by atoms with Crippen LogP contribution >= 0.6 is 0 Å². The van der Waals surface area contributed by atoms with Crippen LogP contribution in [0.15, 0.2) is 42.7 Å². The number of nitrogens with two attached hydrogens (primary N) is 1. The maximum Gasteiger partial charge on any atom is 0.309 e. The summed E-state index contributed by atoms with van der Waals surface area (Å²) in [7, 11) is 0. The van der Waals surface area contributed by atoms with Crippen LogP contribution in [0.5, 0.6) is 0 Å². The summed E-state index contributed by atoms with van der Waals surface area (Å²) in [4.78, 5) is 47.9. The molecule has 0 bridgehead atoms. The normalized spacial score (nSPS) is 14.2. The SMILES string of the molecule is NC(=O)CCN(C(=O)COC(=O)C1CCN(c2ncccn2)CC1)c1ccc(F)cc1. The molecule has 0 saturated carbocycles. The maximum atomic E-state index is 13.2. The number of esters is 1. The quantitative estimate of drug-likeness (QED) is 0.628. The molecule has 1 aromatic heterocycles. The number of piperidine rings is 1. The second-order valence-electron chi connectivity index (χ2n) is 7.16. The first-order valence-corrected chi connectivity index (χ1v) is 9.97. The third kappa shape index (κ3) is 6.21. The van der Waals surface area contributed by atoms with Gasteiger partial charge < -0.3 is 20.3 Å². The topological polar surface area (TPSA) is 119 Å². The Morgan fingerprint density at radius 2 is 1.77 bits per heavy atom. The summed E-state index contributed by atoms with van der Waals surface area (Å²) in [6.45, 7) is 0.750. The van der Waals surface area contributed by atoms with Crippen LogP contribution in [0.2, 0.25) is 0 Å². The Morgan fingerprint density at radius 3 is 2.39 bits per heavy atom. The molecule has 0 atom stereocenters. The molecule has 31 heavy (non-hydrogen) atoms. The van der Waals surface area contributed by atoms with Crippen LogP contribution in [0, 0.1) is 11.7 Å². The van der Waals surface area contributed by atoms with Crippen LogP contribution in [0.4, 0.5) is 16.0 Å². The minimum Gasteiger partial charge on any atom is -0.455 e. The summed E-state index contributed by atoms with van der Waals surface area (Å²) in [5, 5.41) is 0. The number of anilines is 2. The fourth-order valence-corrected chi connectivity index (χ4v) is 3.34. The second kappa shape index (κ2) is 10.5. The van der Waals surface area contributed by atoms with Crippen molar-refractivity contribution >= 4 is 29.4 Å². The maximum absolute atomic E-state index is 13.2. The van der Waals surface area contributed by atoms with Crippen molar-refractivity contribution < 1.29 is 23.5 Å². The van der Waals surface area contributed by atoms with Gasteiger partial charge in [-0.05, 0) is 43.2 Å². The average molecular weight is 429 g/mol. The number of hydrogen-bond donors (Lipinski definition) is 1. The lowest BCUT2D eigenvalue weighted by Crippen LogP contribution is -2.40. The molecule has 0 spiro atoms. The molecular weight excluding hydrogens is 405 g/mol. The fraction of sp³-hybridized carbons (Fsp3) is 0.381. The number of carbonyl (C=O) groups is 3. The van der Waals surface area contributed by atoms with E-state index in [2.05, 4.69) is 9.97 Å². The third-order valence-electron chi connectivity index (χ3n) is 5.02. The summed E-state index contributed by atoms with van der Waals surface area (Å²) in [6, 6.07) is 6.98. The number of nitrogens with zero attached hydrogens (tertiary/aromatic N) is 4. The van der Waals surface area contributed by atoms with E-state index in [0.29, 0.717) is 37.6 Å². The van der Waals surface area contributed by atoms with E-state index in [9.17, 15) is 18.8 Å². The van der Waals surface area contributed by atoms with Crippen molar-refractivity contribution in [2.75, 3.05) is 36.0 Å². The van der Waals surface area contributed by atoms with Crippen molar-refractivity contribution in [3.05, 3.63) is 48.5 Å². The van der Waals surface area contributed by atoms with Crippen molar-refractivity contribution in [3.63, 3.8) is 0 Å². The predicted octanol–water partition coefficient (Wildman–Crippen LogP) is 1.28. The Kier molecular flexibility index (Phi) is 7.47. The number of primary amides is 1. The van der Waals surface area contributed by atoms with Gasteiger partial charge in [0.2, 0.25) is 11.9 Å². The monoisotopic (exact) mass is 429 g/mol. The molecule has 1 aliphatic heterocycles. The molecule has 9 nitrogen and oxygen atoms in total. The van der Waals surface area contributed by atoms with E-state index in [4.69, 9.17) is 10.5 Å². The Morgan fingerprint density at radius 1 is 1.13 bits per heavy atom. The largest absolute Gasteiger partial charge is 0.455 e. The lowest BCUT2D eigenvalue weighted by Gasteiger charge is -2.30. The standard InChI is InChI=1S/C21H24FN5O4/c22-16-2-4-17(5-3-16)27(13-8-18(23)28)19(29)14-31-20(30)15-6-11-26(12-7-15)21-24-9-1-10-25-21/h1-5,9-10,15H,6-8,11-14H2,(H2,23,28). The molecule has 164 valence electrons. The molecule has 0 unspecified atom stereocenters. The molecule has 1 fully saturated rings. The lowest BCUT2D eigenvalue weighted by atomic mass is 9.97. The minimum absolute atomic E-state index is 0.00676. The first-order valence-electron chi connectivity index (χ1n) is 9.97. The van der Waals surface area contributed by atoms with E-state index in [1.165, 1.54) is 29.2 Å². The summed E-state index contributed by atoms with van der Waals surface area (Å²) < 4.78 is 18.4. The molecule has 2 amide bonds. The number of hydrogen-bond acceptors (Lipinski definition) is 7. The highest BCUT2D eigenvalue weighted by molar-refractivity contribution is 5.95. The molecule has 2 heterocycles. The Hall–Kier alpha value is -3.56. The van der Waals surface area contributed by atoms with Gasteiger partial charge in [-0.3, -0.25) is 14.4 Å². The number of ether oxygens (including phenoxy) is 1. The van der Waals surface area contributed by atoms with Crippen molar-refractivity contribution in [2.24, 2.45) is 11.7 Å². The predicted molar refractivity (Wildman–Crippen MR) is 110 cm³/mol. The zero-order valence-corrected chi connectivity index (χ0v) is 16.9. The summed E-state index contributed by atoms with van der Waals surface area (Å²) >= 11 is 0. The van der Waals surface area contributed by atoms with Gasteiger partial charge in [0.1, 0.15) is 5.82 Å². The zero-order chi connectivity index (χ0) is 22.2. The summed E-state index contributed by atoms with van der Waals surface area (Å²) in [5.74, 6) is -1.70. The van der Waals surface area contributed by atoms with Gasteiger partial charge in [0.05, 0.1) is 5.92 Å². The molecule has 1 aromatic carbocycles. The zero-order valence-electron chi connectivity index (χ0n) is 16.9. The molecule has 1 saturated heterocycles.